The Balaban J connectivity index is 1.51. The van der Waals surface area contributed by atoms with E-state index in [2.05, 4.69) is 15.3 Å². The molecule has 0 radical (unpaired) electrons. The Labute approximate surface area is 184 Å². The summed E-state index contributed by atoms with van der Waals surface area (Å²) in [5, 5.41) is 14.2. The molecule has 0 aliphatic rings. The number of rotatable bonds is 4. The van der Waals surface area contributed by atoms with E-state index in [0.717, 1.165) is 11.1 Å². The summed E-state index contributed by atoms with van der Waals surface area (Å²) in [4.78, 5) is 13.2. The highest BCUT2D eigenvalue weighted by Gasteiger charge is 2.17. The zero-order chi connectivity index (χ0) is 20.7. The van der Waals surface area contributed by atoms with E-state index in [-0.39, 0.29) is 5.56 Å². The van der Waals surface area contributed by atoms with Crippen LogP contribution in [-0.2, 0) is 6.42 Å². The van der Waals surface area contributed by atoms with Crippen LogP contribution in [-0.4, -0.2) is 19.8 Å². The molecule has 0 aliphatic heterocycles. The molecule has 5 rings (SSSR count). The number of fused-ring (bicyclic) bond motifs is 1. The van der Waals surface area contributed by atoms with Crippen LogP contribution in [0.4, 0.5) is 0 Å². The smallest absolute Gasteiger partial charge is 0.297 e. The van der Waals surface area contributed by atoms with E-state index in [1.807, 2.05) is 30.3 Å². The third-order valence-electron chi connectivity index (χ3n) is 4.48. The summed E-state index contributed by atoms with van der Waals surface area (Å²) in [5.74, 6) is 1.09. The van der Waals surface area contributed by atoms with Gasteiger partial charge in [0.15, 0.2) is 10.8 Å². The maximum atomic E-state index is 12.8. The van der Waals surface area contributed by atoms with Crippen LogP contribution in [0, 0.1) is 0 Å². The number of hydrogen-bond acceptors (Lipinski definition) is 6. The molecule has 0 amide bonds. The van der Waals surface area contributed by atoms with Crippen LogP contribution in [0.1, 0.15) is 11.3 Å². The Bertz CT molecular complexity index is 1430. The van der Waals surface area contributed by atoms with Crippen molar-refractivity contribution in [1.82, 2.24) is 19.8 Å². The first-order chi connectivity index (χ1) is 14.6. The van der Waals surface area contributed by atoms with Crippen molar-refractivity contribution in [2.24, 2.45) is 0 Å². The Morgan fingerprint density at radius 1 is 0.967 bits per heavy atom. The van der Waals surface area contributed by atoms with Gasteiger partial charge in [0.1, 0.15) is 11.5 Å². The van der Waals surface area contributed by atoms with Gasteiger partial charge in [0, 0.05) is 17.0 Å². The zero-order valence-electron chi connectivity index (χ0n) is 15.3. The molecule has 0 aliphatic carbocycles. The maximum Gasteiger partial charge on any atom is 0.297 e. The van der Waals surface area contributed by atoms with Crippen molar-refractivity contribution >= 4 is 39.5 Å². The lowest BCUT2D eigenvalue weighted by Crippen LogP contribution is -2.22. The average molecular weight is 455 g/mol. The number of furan rings is 1. The van der Waals surface area contributed by atoms with Gasteiger partial charge in [-0.2, -0.15) is 4.52 Å². The molecule has 3 aromatic heterocycles. The minimum Gasteiger partial charge on any atom is -0.453 e. The predicted octanol–water partition coefficient (Wildman–Crippen LogP) is 5.37. The van der Waals surface area contributed by atoms with E-state index in [9.17, 15) is 4.79 Å². The number of benzene rings is 2. The van der Waals surface area contributed by atoms with Crippen LogP contribution in [0.25, 0.3) is 27.1 Å². The monoisotopic (exact) mass is 454 g/mol. The van der Waals surface area contributed by atoms with Gasteiger partial charge in [0.05, 0.1) is 5.02 Å². The molecule has 30 heavy (non-hydrogen) atoms. The lowest BCUT2D eigenvalue weighted by atomic mass is 10.1. The van der Waals surface area contributed by atoms with Gasteiger partial charge in [0.25, 0.3) is 5.56 Å². The second kappa shape index (κ2) is 7.68. The summed E-state index contributed by atoms with van der Waals surface area (Å²) in [6, 6.07) is 18.4. The highest BCUT2D eigenvalue weighted by molar-refractivity contribution is 7.19. The molecular formula is C21H12Cl2N4O2S. The first-order valence-corrected chi connectivity index (χ1v) is 10.5. The van der Waals surface area contributed by atoms with Crippen molar-refractivity contribution in [2.45, 2.75) is 6.42 Å². The van der Waals surface area contributed by atoms with Crippen LogP contribution in [0.2, 0.25) is 10.0 Å². The SMILES string of the molecule is O=c1c(Cc2ccccc2)nnc2sc(-c3ccc(-c4ccc(Cl)cc4Cl)o3)nn12. The minimum atomic E-state index is -0.293. The summed E-state index contributed by atoms with van der Waals surface area (Å²) in [7, 11) is 0. The largest absolute Gasteiger partial charge is 0.453 e. The van der Waals surface area contributed by atoms with Gasteiger partial charge in [-0.1, -0.05) is 64.9 Å². The predicted molar refractivity (Wildman–Crippen MR) is 117 cm³/mol. The van der Waals surface area contributed by atoms with Crippen molar-refractivity contribution in [3.8, 4) is 22.1 Å². The van der Waals surface area contributed by atoms with Crippen molar-refractivity contribution in [2.75, 3.05) is 0 Å². The lowest BCUT2D eigenvalue weighted by molar-refractivity contribution is 0.595. The fourth-order valence-corrected chi connectivity index (χ4v) is 4.33. The highest BCUT2D eigenvalue weighted by Crippen LogP contribution is 2.35. The van der Waals surface area contributed by atoms with E-state index in [0.29, 0.717) is 43.6 Å². The number of hydrogen-bond donors (Lipinski definition) is 0. The van der Waals surface area contributed by atoms with Crippen LogP contribution >= 0.6 is 34.5 Å². The van der Waals surface area contributed by atoms with Crippen LogP contribution in [0.5, 0.6) is 0 Å². The molecule has 9 heteroatoms. The third kappa shape index (κ3) is 3.52. The number of aromatic nitrogens is 4. The van der Waals surface area contributed by atoms with Gasteiger partial charge in [0.2, 0.25) is 4.96 Å². The Kier molecular flexibility index (Phi) is 4.86. The van der Waals surface area contributed by atoms with Crippen LogP contribution in [0.3, 0.4) is 0 Å². The average Bonchev–Trinajstić information content (AvgIpc) is 3.38. The Hall–Kier alpha value is -3.00. The Morgan fingerprint density at radius 2 is 1.77 bits per heavy atom. The summed E-state index contributed by atoms with van der Waals surface area (Å²) in [5.41, 5.74) is 1.74. The second-order valence-electron chi connectivity index (χ2n) is 6.50. The molecule has 0 saturated heterocycles. The van der Waals surface area contributed by atoms with E-state index in [1.54, 1.807) is 30.3 Å². The molecule has 0 atom stereocenters. The normalized spacial score (nSPS) is 11.3. The van der Waals surface area contributed by atoms with Crippen molar-refractivity contribution in [1.29, 1.82) is 0 Å². The second-order valence-corrected chi connectivity index (χ2v) is 8.30. The minimum absolute atomic E-state index is 0.293. The third-order valence-corrected chi connectivity index (χ3v) is 5.94. The molecule has 2 aromatic carbocycles. The zero-order valence-corrected chi connectivity index (χ0v) is 17.6. The quantitative estimate of drug-likeness (QED) is 0.364. The standard InChI is InChI=1S/C21H12Cl2N4O2S/c22-13-6-7-14(15(23)11-13)17-8-9-18(29-17)19-26-27-20(28)16(24-25-21(27)30-19)10-12-4-2-1-3-5-12/h1-9,11H,10H2. The lowest BCUT2D eigenvalue weighted by Gasteiger charge is -2.00. The molecule has 6 nitrogen and oxygen atoms in total. The molecule has 3 heterocycles. The molecule has 0 unspecified atom stereocenters. The van der Waals surface area contributed by atoms with E-state index < -0.39 is 0 Å². The topological polar surface area (TPSA) is 73.3 Å². The molecule has 148 valence electrons. The van der Waals surface area contributed by atoms with Crippen LogP contribution in [0.15, 0.2) is 69.9 Å². The Morgan fingerprint density at radius 3 is 2.57 bits per heavy atom. The number of nitrogens with zero attached hydrogens (tertiary/aromatic N) is 4. The molecular weight excluding hydrogens is 443 g/mol. The number of halogens is 2. The first kappa shape index (κ1) is 19.0. The molecule has 0 bridgehead atoms. The summed E-state index contributed by atoms with van der Waals surface area (Å²) < 4.78 is 7.20. The molecule has 0 saturated carbocycles. The summed E-state index contributed by atoms with van der Waals surface area (Å²) >= 11 is 13.5. The van der Waals surface area contributed by atoms with E-state index in [1.165, 1.54) is 15.9 Å². The highest BCUT2D eigenvalue weighted by atomic mass is 35.5. The molecule has 0 spiro atoms. The van der Waals surface area contributed by atoms with Gasteiger partial charge in [-0.05, 0) is 35.9 Å². The maximum absolute atomic E-state index is 12.8. The fourth-order valence-electron chi connectivity index (χ4n) is 3.03. The first-order valence-electron chi connectivity index (χ1n) is 8.93. The van der Waals surface area contributed by atoms with Gasteiger partial charge < -0.3 is 4.42 Å². The molecule has 0 fully saturated rings. The van der Waals surface area contributed by atoms with Gasteiger partial charge in [-0.15, -0.1) is 15.3 Å². The van der Waals surface area contributed by atoms with Crippen LogP contribution < -0.4 is 5.56 Å². The van der Waals surface area contributed by atoms with Gasteiger partial charge in [-0.3, -0.25) is 4.79 Å². The van der Waals surface area contributed by atoms with Crippen molar-refractivity contribution in [3.05, 3.63) is 92.3 Å². The fraction of sp³-hybridized carbons (Fsp3) is 0.0476. The van der Waals surface area contributed by atoms with Gasteiger partial charge in [-0.25, -0.2) is 0 Å². The molecule has 5 aromatic rings. The van der Waals surface area contributed by atoms with Gasteiger partial charge >= 0.3 is 0 Å². The van der Waals surface area contributed by atoms with E-state index >= 15 is 0 Å². The van der Waals surface area contributed by atoms with Crippen molar-refractivity contribution in [3.63, 3.8) is 0 Å². The summed E-state index contributed by atoms with van der Waals surface area (Å²) in [6.45, 7) is 0. The molecule has 0 N–H and O–H groups in total. The van der Waals surface area contributed by atoms with E-state index in [4.69, 9.17) is 27.6 Å². The van der Waals surface area contributed by atoms with Crippen molar-refractivity contribution < 1.29 is 4.42 Å². The summed E-state index contributed by atoms with van der Waals surface area (Å²) in [6.07, 6.45) is 0.391.